The molecule has 0 radical (unpaired) electrons. The molecule has 0 spiro atoms. The fourth-order valence-electron chi connectivity index (χ4n) is 1.76. The molecule has 2 aromatic heterocycles. The molecular formula is C13H7Cl2FN2S. The Bertz CT molecular complexity index is 786. The summed E-state index contributed by atoms with van der Waals surface area (Å²) in [6.45, 7) is 1.89. The smallest absolute Gasteiger partial charge is 0.173 e. The Morgan fingerprint density at radius 2 is 2.00 bits per heavy atom. The van der Waals surface area contributed by atoms with E-state index >= 15 is 0 Å². The number of benzene rings is 1. The van der Waals surface area contributed by atoms with Crippen molar-refractivity contribution in [2.45, 2.75) is 6.92 Å². The zero-order valence-electron chi connectivity index (χ0n) is 9.75. The van der Waals surface area contributed by atoms with Crippen LogP contribution in [0.3, 0.4) is 0 Å². The summed E-state index contributed by atoms with van der Waals surface area (Å²) >= 11 is 13.7. The summed E-state index contributed by atoms with van der Waals surface area (Å²) in [5.74, 6) is -0.0712. The van der Waals surface area contributed by atoms with Crippen molar-refractivity contribution in [1.29, 1.82) is 0 Å². The minimum atomic E-state index is -0.424. The van der Waals surface area contributed by atoms with E-state index in [2.05, 4.69) is 9.97 Å². The third-order valence-electron chi connectivity index (χ3n) is 2.73. The maximum atomic E-state index is 13.8. The topological polar surface area (TPSA) is 25.8 Å². The molecule has 0 aliphatic heterocycles. The van der Waals surface area contributed by atoms with Gasteiger partial charge in [0.1, 0.15) is 16.5 Å². The van der Waals surface area contributed by atoms with Crippen LogP contribution in [0.4, 0.5) is 4.39 Å². The largest absolute Gasteiger partial charge is 0.224 e. The molecule has 96 valence electrons. The quantitative estimate of drug-likeness (QED) is 0.583. The van der Waals surface area contributed by atoms with E-state index in [0.29, 0.717) is 21.1 Å². The second-order valence-corrected chi connectivity index (χ2v) is 5.65. The van der Waals surface area contributed by atoms with Crippen molar-refractivity contribution in [3.8, 4) is 10.7 Å². The van der Waals surface area contributed by atoms with Crippen LogP contribution >= 0.6 is 34.5 Å². The molecule has 3 rings (SSSR count). The number of hydrogen-bond donors (Lipinski definition) is 0. The van der Waals surface area contributed by atoms with Crippen LogP contribution in [-0.2, 0) is 0 Å². The molecule has 2 heterocycles. The molecule has 3 aromatic rings. The van der Waals surface area contributed by atoms with Crippen LogP contribution in [-0.4, -0.2) is 9.97 Å². The monoisotopic (exact) mass is 312 g/mol. The molecule has 0 aliphatic rings. The third kappa shape index (κ3) is 2.10. The summed E-state index contributed by atoms with van der Waals surface area (Å²) in [5, 5.41) is 3.20. The van der Waals surface area contributed by atoms with Crippen LogP contribution in [0.15, 0.2) is 23.6 Å². The second-order valence-electron chi connectivity index (χ2n) is 4.04. The number of hydrogen-bond acceptors (Lipinski definition) is 3. The summed E-state index contributed by atoms with van der Waals surface area (Å²) in [5.41, 5.74) is 1.15. The van der Waals surface area contributed by atoms with E-state index in [-0.39, 0.29) is 10.7 Å². The zero-order valence-corrected chi connectivity index (χ0v) is 12.1. The molecule has 0 saturated heterocycles. The lowest BCUT2D eigenvalue weighted by molar-refractivity contribution is 0.636. The van der Waals surface area contributed by atoms with E-state index in [4.69, 9.17) is 23.2 Å². The van der Waals surface area contributed by atoms with Crippen molar-refractivity contribution in [3.05, 3.63) is 45.1 Å². The van der Waals surface area contributed by atoms with Gasteiger partial charge in [-0.25, -0.2) is 14.4 Å². The number of halogens is 3. The lowest BCUT2D eigenvalue weighted by Crippen LogP contribution is -1.93. The minimum absolute atomic E-state index is 0.208. The number of rotatable bonds is 1. The average molecular weight is 313 g/mol. The first-order valence-electron chi connectivity index (χ1n) is 5.43. The van der Waals surface area contributed by atoms with Crippen LogP contribution in [0, 0.1) is 12.7 Å². The van der Waals surface area contributed by atoms with Gasteiger partial charge in [-0.2, -0.15) is 0 Å². The Labute approximate surface area is 122 Å². The molecule has 2 nitrogen and oxygen atoms in total. The average Bonchev–Trinajstić information content (AvgIpc) is 2.71. The van der Waals surface area contributed by atoms with Crippen molar-refractivity contribution in [2.24, 2.45) is 0 Å². The van der Waals surface area contributed by atoms with Gasteiger partial charge in [0.25, 0.3) is 0 Å². The Hall–Kier alpha value is -1.23. The van der Waals surface area contributed by atoms with E-state index in [1.54, 1.807) is 12.1 Å². The first kappa shape index (κ1) is 12.8. The van der Waals surface area contributed by atoms with Gasteiger partial charge >= 0.3 is 0 Å². The van der Waals surface area contributed by atoms with E-state index in [1.807, 2.05) is 12.3 Å². The summed E-state index contributed by atoms with van der Waals surface area (Å²) in [7, 11) is 0. The van der Waals surface area contributed by atoms with Crippen molar-refractivity contribution in [3.63, 3.8) is 0 Å². The first-order valence-corrected chi connectivity index (χ1v) is 7.07. The van der Waals surface area contributed by atoms with Gasteiger partial charge in [-0.15, -0.1) is 11.3 Å². The highest BCUT2D eigenvalue weighted by atomic mass is 35.5. The molecule has 0 aliphatic carbocycles. The SMILES string of the molecule is Cc1csc(-c2nc(Cl)c3cccc(F)c3n2)c1Cl. The fourth-order valence-corrected chi connectivity index (χ4v) is 3.21. The summed E-state index contributed by atoms with van der Waals surface area (Å²) in [4.78, 5) is 9.14. The lowest BCUT2D eigenvalue weighted by atomic mass is 10.2. The molecule has 1 aromatic carbocycles. The van der Waals surface area contributed by atoms with Gasteiger partial charge in [-0.1, -0.05) is 29.3 Å². The fraction of sp³-hybridized carbons (Fsp3) is 0.0769. The number of aromatic nitrogens is 2. The summed E-state index contributed by atoms with van der Waals surface area (Å²) in [6.07, 6.45) is 0. The maximum absolute atomic E-state index is 13.8. The number of para-hydroxylation sites is 1. The number of aryl methyl sites for hydroxylation is 1. The highest BCUT2D eigenvalue weighted by molar-refractivity contribution is 7.14. The standard InChI is InChI=1S/C13H7Cl2FN2S/c1-6-5-19-11(9(6)14)13-17-10-7(12(15)18-13)3-2-4-8(10)16/h2-5H,1H3. The predicted molar refractivity (Wildman–Crippen MR) is 77.6 cm³/mol. The van der Waals surface area contributed by atoms with E-state index in [9.17, 15) is 4.39 Å². The molecular weight excluding hydrogens is 306 g/mol. The Kier molecular flexibility index (Phi) is 3.17. The number of thiophene rings is 1. The Morgan fingerprint density at radius 1 is 1.21 bits per heavy atom. The van der Waals surface area contributed by atoms with Crippen molar-refractivity contribution >= 4 is 45.4 Å². The van der Waals surface area contributed by atoms with Crippen molar-refractivity contribution in [1.82, 2.24) is 9.97 Å². The van der Waals surface area contributed by atoms with Gasteiger partial charge in [0.2, 0.25) is 0 Å². The zero-order chi connectivity index (χ0) is 13.6. The molecule has 6 heteroatoms. The lowest BCUT2D eigenvalue weighted by Gasteiger charge is -2.04. The number of fused-ring (bicyclic) bond motifs is 1. The van der Waals surface area contributed by atoms with E-state index < -0.39 is 5.82 Å². The van der Waals surface area contributed by atoms with Crippen LogP contribution in [0.25, 0.3) is 21.6 Å². The molecule has 0 amide bonds. The summed E-state index contributed by atoms with van der Waals surface area (Å²) < 4.78 is 13.8. The van der Waals surface area contributed by atoms with E-state index in [1.165, 1.54) is 17.4 Å². The Balaban J connectivity index is 2.32. The van der Waals surface area contributed by atoms with Crippen LogP contribution < -0.4 is 0 Å². The normalized spacial score (nSPS) is 11.2. The molecule has 0 atom stereocenters. The molecule has 0 N–H and O–H groups in total. The van der Waals surface area contributed by atoms with Gasteiger partial charge in [0, 0.05) is 5.39 Å². The first-order chi connectivity index (χ1) is 9.08. The summed E-state index contributed by atoms with van der Waals surface area (Å²) in [6, 6.07) is 4.61. The van der Waals surface area contributed by atoms with Gasteiger partial charge in [-0.3, -0.25) is 0 Å². The maximum Gasteiger partial charge on any atom is 0.173 e. The van der Waals surface area contributed by atoms with Gasteiger partial charge < -0.3 is 0 Å². The third-order valence-corrected chi connectivity index (χ3v) is 4.71. The second kappa shape index (κ2) is 4.71. The highest BCUT2D eigenvalue weighted by Crippen LogP contribution is 2.36. The molecule has 0 bridgehead atoms. The number of nitrogens with zero attached hydrogens (tertiary/aromatic N) is 2. The minimum Gasteiger partial charge on any atom is -0.224 e. The van der Waals surface area contributed by atoms with Crippen molar-refractivity contribution in [2.75, 3.05) is 0 Å². The highest BCUT2D eigenvalue weighted by Gasteiger charge is 2.15. The molecule has 0 fully saturated rings. The molecule has 19 heavy (non-hydrogen) atoms. The van der Waals surface area contributed by atoms with Crippen molar-refractivity contribution < 1.29 is 4.39 Å². The van der Waals surface area contributed by atoms with Crippen LogP contribution in [0.1, 0.15) is 5.56 Å². The predicted octanol–water partition coefficient (Wildman–Crippen LogP) is 5.11. The van der Waals surface area contributed by atoms with Gasteiger partial charge in [0.05, 0.1) is 9.90 Å². The van der Waals surface area contributed by atoms with Crippen LogP contribution in [0.2, 0.25) is 10.2 Å². The van der Waals surface area contributed by atoms with Gasteiger partial charge in [-0.05, 0) is 30.0 Å². The molecule has 0 unspecified atom stereocenters. The molecule has 0 saturated carbocycles. The van der Waals surface area contributed by atoms with Crippen LogP contribution in [0.5, 0.6) is 0 Å². The van der Waals surface area contributed by atoms with E-state index in [0.717, 1.165) is 5.56 Å². The Morgan fingerprint density at radius 3 is 2.68 bits per heavy atom. The van der Waals surface area contributed by atoms with Gasteiger partial charge in [0.15, 0.2) is 5.82 Å².